The first-order chi connectivity index (χ1) is 8.13. The maximum absolute atomic E-state index is 12.9. The van der Waals surface area contributed by atoms with Crippen molar-refractivity contribution >= 4 is 12.2 Å². The zero-order valence-electron chi connectivity index (χ0n) is 9.29. The van der Waals surface area contributed by atoms with E-state index in [4.69, 9.17) is 0 Å². The highest BCUT2D eigenvalue weighted by Crippen LogP contribution is 2.04. The molecule has 0 aliphatic rings. The Morgan fingerprint density at radius 1 is 1.65 bits per heavy atom. The van der Waals surface area contributed by atoms with E-state index in [1.807, 2.05) is 0 Å². The van der Waals surface area contributed by atoms with Gasteiger partial charge in [0.1, 0.15) is 5.69 Å². The average Bonchev–Trinajstić information content (AvgIpc) is 2.30. The van der Waals surface area contributed by atoms with Gasteiger partial charge in [-0.15, -0.1) is 0 Å². The van der Waals surface area contributed by atoms with E-state index in [-0.39, 0.29) is 11.5 Å². The van der Waals surface area contributed by atoms with Crippen molar-refractivity contribution < 1.29 is 14.0 Å². The summed E-state index contributed by atoms with van der Waals surface area (Å²) >= 11 is 0. The number of hydrogen-bond acceptors (Lipinski definition) is 3. The van der Waals surface area contributed by atoms with Gasteiger partial charge in [0, 0.05) is 19.9 Å². The van der Waals surface area contributed by atoms with E-state index in [0.29, 0.717) is 24.9 Å². The number of amides is 1. The fourth-order valence-electron chi connectivity index (χ4n) is 1.07. The molecule has 0 saturated carbocycles. The van der Waals surface area contributed by atoms with E-state index in [9.17, 15) is 14.0 Å². The van der Waals surface area contributed by atoms with Crippen molar-refractivity contribution in [2.45, 2.75) is 13.3 Å². The Balaban J connectivity index is 2.60. The molecule has 0 aliphatic heterocycles. The second kappa shape index (κ2) is 6.38. The Kier molecular flexibility index (Phi) is 4.82. The van der Waals surface area contributed by atoms with Crippen molar-refractivity contribution in [3.05, 3.63) is 29.3 Å². The van der Waals surface area contributed by atoms with Crippen LogP contribution in [0.3, 0.4) is 0 Å². The van der Waals surface area contributed by atoms with Gasteiger partial charge in [-0.2, -0.15) is 0 Å². The van der Waals surface area contributed by atoms with Crippen LogP contribution < -0.4 is 5.32 Å². The number of aldehydes is 1. The molecule has 0 aromatic carbocycles. The summed E-state index contributed by atoms with van der Waals surface area (Å²) in [6.45, 7) is 1.87. The predicted molar refractivity (Wildman–Crippen MR) is 59.8 cm³/mol. The molecule has 1 N–H and O–H groups in total. The summed E-state index contributed by atoms with van der Waals surface area (Å²) in [6, 6.07) is 1.29. The number of rotatable bonds is 3. The summed E-state index contributed by atoms with van der Waals surface area (Å²) in [7, 11) is 0. The van der Waals surface area contributed by atoms with Crippen LogP contribution in [0.2, 0.25) is 0 Å². The summed E-state index contributed by atoms with van der Waals surface area (Å²) in [5.74, 6) is 4.67. The number of nitrogens with one attached hydrogen (secondary N) is 1. The molecular formula is C12H11FN2O2. The zero-order chi connectivity index (χ0) is 12.7. The molecule has 0 spiro atoms. The highest BCUT2D eigenvalue weighted by Gasteiger charge is 2.01. The van der Waals surface area contributed by atoms with Crippen LogP contribution in [-0.4, -0.2) is 23.7 Å². The molecule has 4 nitrogen and oxygen atoms in total. The monoisotopic (exact) mass is 234 g/mol. The Hall–Kier alpha value is -2.22. The highest BCUT2D eigenvalue weighted by atomic mass is 19.1. The second-order valence-electron chi connectivity index (χ2n) is 3.24. The average molecular weight is 234 g/mol. The van der Waals surface area contributed by atoms with E-state index >= 15 is 0 Å². The molecule has 5 heteroatoms. The third kappa shape index (κ3) is 4.43. The minimum absolute atomic E-state index is 0.0637. The van der Waals surface area contributed by atoms with Crippen LogP contribution in [-0.2, 0) is 4.79 Å². The van der Waals surface area contributed by atoms with Gasteiger partial charge in [-0.05, 0) is 12.0 Å². The first-order valence-corrected chi connectivity index (χ1v) is 4.97. The maximum Gasteiger partial charge on any atom is 0.216 e. The highest BCUT2D eigenvalue weighted by molar-refractivity contribution is 5.75. The van der Waals surface area contributed by atoms with Gasteiger partial charge in [0.2, 0.25) is 5.91 Å². The Labute approximate surface area is 98.2 Å². The first kappa shape index (κ1) is 12.8. The van der Waals surface area contributed by atoms with Gasteiger partial charge in [-0.3, -0.25) is 9.59 Å². The molecule has 0 saturated heterocycles. The van der Waals surface area contributed by atoms with Gasteiger partial charge in [-0.1, -0.05) is 5.92 Å². The molecule has 1 amide bonds. The molecule has 17 heavy (non-hydrogen) atoms. The van der Waals surface area contributed by atoms with E-state index in [0.717, 1.165) is 6.20 Å². The van der Waals surface area contributed by atoms with E-state index in [2.05, 4.69) is 22.1 Å². The van der Waals surface area contributed by atoms with Crippen molar-refractivity contribution in [3.8, 4) is 11.8 Å². The number of aromatic nitrogens is 1. The molecule has 0 atom stereocenters. The summed E-state index contributed by atoms with van der Waals surface area (Å²) < 4.78 is 12.9. The number of hydrogen-bond donors (Lipinski definition) is 1. The molecule has 0 aliphatic carbocycles. The van der Waals surface area contributed by atoms with Crippen molar-refractivity contribution in [3.63, 3.8) is 0 Å². The largest absolute Gasteiger partial charge is 0.355 e. The standard InChI is InChI=1S/C12H11FN2O2/c1-9(17)14-5-3-2-4-11-6-10(8-16)12(13)7-15-11/h6-8H,3,5H2,1H3,(H,14,17). The molecule has 0 bridgehead atoms. The SMILES string of the molecule is CC(=O)NCCC#Cc1cc(C=O)c(F)cn1. The van der Waals surface area contributed by atoms with Crippen LogP contribution in [0.5, 0.6) is 0 Å². The van der Waals surface area contributed by atoms with Gasteiger partial charge in [0.05, 0.1) is 11.8 Å². The van der Waals surface area contributed by atoms with Crippen molar-refractivity contribution in [2.75, 3.05) is 6.54 Å². The van der Waals surface area contributed by atoms with Crippen LogP contribution in [0, 0.1) is 17.7 Å². The number of halogens is 1. The Bertz CT molecular complexity index is 489. The van der Waals surface area contributed by atoms with E-state index in [1.165, 1.54) is 13.0 Å². The Morgan fingerprint density at radius 2 is 2.41 bits per heavy atom. The van der Waals surface area contributed by atoms with Gasteiger partial charge in [-0.25, -0.2) is 9.37 Å². The summed E-state index contributed by atoms with van der Waals surface area (Å²) in [4.78, 5) is 24.7. The number of pyridine rings is 1. The molecule has 1 rings (SSSR count). The fraction of sp³-hybridized carbons (Fsp3) is 0.250. The van der Waals surface area contributed by atoms with Crippen LogP contribution in [0.25, 0.3) is 0 Å². The molecule has 0 radical (unpaired) electrons. The maximum atomic E-state index is 12.9. The van der Waals surface area contributed by atoms with Crippen LogP contribution in [0.15, 0.2) is 12.3 Å². The summed E-state index contributed by atoms with van der Waals surface area (Å²) in [5.41, 5.74) is 0.266. The molecule has 1 aromatic heterocycles. The van der Waals surface area contributed by atoms with Crippen LogP contribution in [0.1, 0.15) is 29.4 Å². The van der Waals surface area contributed by atoms with Crippen molar-refractivity contribution in [1.82, 2.24) is 10.3 Å². The lowest BCUT2D eigenvalue weighted by Crippen LogP contribution is -2.20. The normalized spacial score (nSPS) is 9.06. The Morgan fingerprint density at radius 3 is 3.06 bits per heavy atom. The van der Waals surface area contributed by atoms with E-state index < -0.39 is 5.82 Å². The minimum atomic E-state index is -0.663. The second-order valence-corrected chi connectivity index (χ2v) is 3.24. The van der Waals surface area contributed by atoms with Gasteiger partial charge < -0.3 is 5.32 Å². The summed E-state index contributed by atoms with van der Waals surface area (Å²) in [6.07, 6.45) is 1.84. The van der Waals surface area contributed by atoms with Crippen LogP contribution in [0.4, 0.5) is 4.39 Å². The molecular weight excluding hydrogens is 223 g/mol. The number of carbonyl (C=O) groups is 2. The van der Waals surface area contributed by atoms with E-state index in [1.54, 1.807) is 0 Å². The smallest absolute Gasteiger partial charge is 0.216 e. The lowest BCUT2D eigenvalue weighted by atomic mass is 10.2. The lowest BCUT2D eigenvalue weighted by molar-refractivity contribution is -0.118. The minimum Gasteiger partial charge on any atom is -0.355 e. The van der Waals surface area contributed by atoms with Crippen LogP contribution >= 0.6 is 0 Å². The van der Waals surface area contributed by atoms with Gasteiger partial charge in [0.25, 0.3) is 0 Å². The zero-order valence-corrected chi connectivity index (χ0v) is 9.29. The topological polar surface area (TPSA) is 59.1 Å². The third-order valence-electron chi connectivity index (χ3n) is 1.85. The fourth-order valence-corrected chi connectivity index (χ4v) is 1.07. The van der Waals surface area contributed by atoms with Gasteiger partial charge in [0.15, 0.2) is 12.1 Å². The molecule has 1 heterocycles. The quantitative estimate of drug-likeness (QED) is 0.480. The molecule has 0 unspecified atom stereocenters. The number of nitrogens with zero attached hydrogens (tertiary/aromatic N) is 1. The first-order valence-electron chi connectivity index (χ1n) is 4.97. The number of carbonyl (C=O) groups excluding carboxylic acids is 2. The molecule has 1 aromatic rings. The van der Waals surface area contributed by atoms with Crippen molar-refractivity contribution in [2.24, 2.45) is 0 Å². The predicted octanol–water partition coefficient (Wildman–Crippen LogP) is 0.911. The lowest BCUT2D eigenvalue weighted by Gasteiger charge is -1.95. The third-order valence-corrected chi connectivity index (χ3v) is 1.85. The molecule has 0 fully saturated rings. The van der Waals surface area contributed by atoms with Gasteiger partial charge >= 0.3 is 0 Å². The van der Waals surface area contributed by atoms with Crippen molar-refractivity contribution in [1.29, 1.82) is 0 Å². The molecule has 88 valence electrons. The summed E-state index contributed by atoms with van der Waals surface area (Å²) in [5, 5.41) is 2.59.